The molecule has 0 aromatic heterocycles. The standard InChI is InChI=1S/C64H121NO5/c1-4-7-10-13-16-19-22-25-28-31-33-36-39-42-45-48-51-54-57-64(69)70-60(55-52-49-46-43-40-37-34-30-27-24-21-18-15-12-9-6-3)58-63(68)65-61(59-66)62(67)56-53-50-47-44-41-38-35-32-29-26-23-20-17-14-11-8-5-2/h30,33-34,36-37,40,60-62,66-67H,4-29,31-32,35,38-39,41-59H2,1-3H3,(H,65,68)/b34-30+,36-33+,40-37+. The maximum atomic E-state index is 13.3. The molecule has 0 saturated heterocycles. The predicted molar refractivity (Wildman–Crippen MR) is 306 cm³/mol. The lowest BCUT2D eigenvalue weighted by molar-refractivity contribution is -0.151. The summed E-state index contributed by atoms with van der Waals surface area (Å²) in [6, 6.07) is -0.712. The Labute approximate surface area is 436 Å². The highest BCUT2D eigenvalue weighted by Crippen LogP contribution is 2.19. The van der Waals surface area contributed by atoms with Crippen LogP contribution in [0.15, 0.2) is 36.5 Å². The average Bonchev–Trinajstić information content (AvgIpc) is 3.35. The minimum absolute atomic E-state index is 0.0597. The predicted octanol–water partition coefficient (Wildman–Crippen LogP) is 19.6. The maximum absolute atomic E-state index is 13.3. The van der Waals surface area contributed by atoms with E-state index in [1.807, 2.05) is 0 Å². The van der Waals surface area contributed by atoms with Crippen molar-refractivity contribution in [1.82, 2.24) is 5.32 Å². The lowest BCUT2D eigenvalue weighted by Gasteiger charge is -2.24. The van der Waals surface area contributed by atoms with Gasteiger partial charge >= 0.3 is 5.97 Å². The number of carbonyl (C=O) groups excluding carboxylic acids is 2. The molecule has 412 valence electrons. The molecule has 0 fully saturated rings. The van der Waals surface area contributed by atoms with Gasteiger partial charge in [-0.1, -0.05) is 282 Å². The van der Waals surface area contributed by atoms with Crippen LogP contribution in [0.1, 0.15) is 335 Å². The fourth-order valence-electron chi connectivity index (χ4n) is 9.71. The van der Waals surface area contributed by atoms with Gasteiger partial charge in [-0.05, 0) is 77.0 Å². The fourth-order valence-corrected chi connectivity index (χ4v) is 9.71. The van der Waals surface area contributed by atoms with E-state index in [1.54, 1.807) is 0 Å². The van der Waals surface area contributed by atoms with Gasteiger partial charge in [0, 0.05) is 6.42 Å². The van der Waals surface area contributed by atoms with Crippen molar-refractivity contribution in [3.63, 3.8) is 0 Å². The van der Waals surface area contributed by atoms with E-state index < -0.39 is 18.2 Å². The number of aliphatic hydroxyl groups is 2. The Morgan fingerprint density at radius 1 is 0.414 bits per heavy atom. The van der Waals surface area contributed by atoms with E-state index in [1.165, 1.54) is 212 Å². The molecule has 0 aliphatic heterocycles. The van der Waals surface area contributed by atoms with Crippen LogP contribution in [0.2, 0.25) is 0 Å². The number of ether oxygens (including phenoxy) is 1. The molecule has 0 aromatic rings. The first-order chi connectivity index (χ1) is 34.5. The van der Waals surface area contributed by atoms with Crippen LogP contribution in [0.25, 0.3) is 0 Å². The van der Waals surface area contributed by atoms with Crippen molar-refractivity contribution in [3.8, 4) is 0 Å². The van der Waals surface area contributed by atoms with Crippen LogP contribution < -0.4 is 5.32 Å². The number of amides is 1. The van der Waals surface area contributed by atoms with Crippen molar-refractivity contribution in [1.29, 1.82) is 0 Å². The molecule has 0 bridgehead atoms. The molecule has 0 saturated carbocycles. The van der Waals surface area contributed by atoms with Gasteiger partial charge in [-0.15, -0.1) is 0 Å². The second-order valence-corrected chi connectivity index (χ2v) is 21.5. The average molecular weight is 985 g/mol. The summed E-state index contributed by atoms with van der Waals surface area (Å²) in [5, 5.41) is 24.0. The van der Waals surface area contributed by atoms with Gasteiger partial charge in [0.15, 0.2) is 0 Å². The minimum atomic E-state index is -0.796. The van der Waals surface area contributed by atoms with E-state index in [4.69, 9.17) is 4.74 Å². The van der Waals surface area contributed by atoms with Crippen molar-refractivity contribution in [2.24, 2.45) is 0 Å². The molecule has 0 aliphatic carbocycles. The lowest BCUT2D eigenvalue weighted by Crippen LogP contribution is -2.46. The Hall–Kier alpha value is -1.92. The third-order valence-electron chi connectivity index (χ3n) is 14.5. The van der Waals surface area contributed by atoms with Crippen molar-refractivity contribution in [2.75, 3.05) is 6.61 Å². The highest BCUT2D eigenvalue weighted by molar-refractivity contribution is 5.77. The first kappa shape index (κ1) is 68.1. The minimum Gasteiger partial charge on any atom is -0.462 e. The normalized spacial score (nSPS) is 13.3. The van der Waals surface area contributed by atoms with E-state index >= 15 is 0 Å². The number of nitrogens with one attached hydrogen (secondary N) is 1. The van der Waals surface area contributed by atoms with Crippen LogP contribution in [-0.4, -0.2) is 46.9 Å². The van der Waals surface area contributed by atoms with Crippen LogP contribution >= 0.6 is 0 Å². The van der Waals surface area contributed by atoms with E-state index in [9.17, 15) is 19.8 Å². The van der Waals surface area contributed by atoms with Crippen LogP contribution in [0.4, 0.5) is 0 Å². The number of unbranched alkanes of at least 4 members (excludes halogenated alkanes) is 40. The highest BCUT2D eigenvalue weighted by atomic mass is 16.5. The van der Waals surface area contributed by atoms with Gasteiger partial charge in [-0.3, -0.25) is 9.59 Å². The molecule has 0 heterocycles. The van der Waals surface area contributed by atoms with E-state index in [0.717, 1.165) is 77.0 Å². The van der Waals surface area contributed by atoms with Gasteiger partial charge < -0.3 is 20.3 Å². The monoisotopic (exact) mass is 984 g/mol. The second kappa shape index (κ2) is 58.0. The molecular formula is C64H121NO5. The third-order valence-corrected chi connectivity index (χ3v) is 14.5. The molecule has 6 heteroatoms. The molecule has 6 nitrogen and oxygen atoms in total. The summed E-state index contributed by atoms with van der Waals surface area (Å²) < 4.78 is 5.96. The smallest absolute Gasteiger partial charge is 0.306 e. The van der Waals surface area contributed by atoms with Crippen molar-refractivity contribution in [3.05, 3.63) is 36.5 Å². The number of allylic oxidation sites excluding steroid dienone is 6. The maximum Gasteiger partial charge on any atom is 0.306 e. The van der Waals surface area contributed by atoms with E-state index in [0.29, 0.717) is 19.3 Å². The number of hydrogen-bond acceptors (Lipinski definition) is 5. The van der Waals surface area contributed by atoms with Crippen molar-refractivity contribution >= 4 is 11.9 Å². The number of aliphatic hydroxyl groups excluding tert-OH is 2. The van der Waals surface area contributed by atoms with Crippen molar-refractivity contribution in [2.45, 2.75) is 354 Å². The van der Waals surface area contributed by atoms with Crippen LogP contribution in [-0.2, 0) is 14.3 Å². The first-order valence-electron chi connectivity index (χ1n) is 31.2. The summed E-state index contributed by atoms with van der Waals surface area (Å²) >= 11 is 0. The topological polar surface area (TPSA) is 95.9 Å². The largest absolute Gasteiger partial charge is 0.462 e. The van der Waals surface area contributed by atoms with Crippen LogP contribution in [0.5, 0.6) is 0 Å². The van der Waals surface area contributed by atoms with Crippen LogP contribution in [0.3, 0.4) is 0 Å². The quantitative estimate of drug-likeness (QED) is 0.0244. The number of rotatable bonds is 57. The highest BCUT2D eigenvalue weighted by Gasteiger charge is 2.24. The fraction of sp³-hybridized carbons (Fsp3) is 0.875. The molecule has 0 aromatic carbocycles. The molecule has 0 rings (SSSR count). The lowest BCUT2D eigenvalue weighted by atomic mass is 10.0. The van der Waals surface area contributed by atoms with Gasteiger partial charge in [0.1, 0.15) is 6.10 Å². The number of carbonyl (C=O) groups is 2. The zero-order valence-corrected chi connectivity index (χ0v) is 47.2. The Kier molecular flexibility index (Phi) is 56.4. The summed E-state index contributed by atoms with van der Waals surface area (Å²) in [5.74, 6) is -0.493. The van der Waals surface area contributed by atoms with Gasteiger partial charge in [-0.2, -0.15) is 0 Å². The first-order valence-corrected chi connectivity index (χ1v) is 31.2. The number of esters is 1. The van der Waals surface area contributed by atoms with Gasteiger partial charge in [0.25, 0.3) is 0 Å². The van der Waals surface area contributed by atoms with Gasteiger partial charge in [0.05, 0.1) is 25.2 Å². The molecule has 0 aliphatic rings. The zero-order chi connectivity index (χ0) is 50.9. The van der Waals surface area contributed by atoms with E-state index in [-0.39, 0.29) is 24.9 Å². The molecule has 70 heavy (non-hydrogen) atoms. The summed E-state index contributed by atoms with van der Waals surface area (Å²) in [7, 11) is 0. The molecule has 1 amide bonds. The van der Waals surface area contributed by atoms with Gasteiger partial charge in [0.2, 0.25) is 5.91 Å². The summed E-state index contributed by atoms with van der Waals surface area (Å²) in [4.78, 5) is 26.3. The molecule has 3 N–H and O–H groups in total. The Morgan fingerprint density at radius 3 is 1.11 bits per heavy atom. The third kappa shape index (κ3) is 52.4. The van der Waals surface area contributed by atoms with Gasteiger partial charge in [-0.25, -0.2) is 0 Å². The van der Waals surface area contributed by atoms with Crippen LogP contribution in [0, 0.1) is 0 Å². The molecular weight excluding hydrogens is 863 g/mol. The second-order valence-electron chi connectivity index (χ2n) is 21.5. The zero-order valence-electron chi connectivity index (χ0n) is 47.2. The summed E-state index contributed by atoms with van der Waals surface area (Å²) in [5.41, 5.74) is 0. The number of hydrogen-bond donors (Lipinski definition) is 3. The Bertz CT molecular complexity index is 1150. The molecule has 3 unspecified atom stereocenters. The Morgan fingerprint density at radius 2 is 0.729 bits per heavy atom. The molecule has 3 atom stereocenters. The van der Waals surface area contributed by atoms with Crippen molar-refractivity contribution < 1.29 is 24.5 Å². The van der Waals surface area contributed by atoms with E-state index in [2.05, 4.69) is 62.5 Å². The SMILES string of the molecule is CCCCCCCCC/C=C/C=C/CCCCCC(CC(=O)NC(CO)C(O)CCCCCCCCCCCCCCCCCCC)OC(=O)CCCCCCC/C=C/CCCCCCCCCCC. The molecule has 0 radical (unpaired) electrons. The Balaban J connectivity index is 4.56. The molecule has 0 spiro atoms. The summed E-state index contributed by atoms with van der Waals surface area (Å²) in [6.45, 7) is 6.52. The summed E-state index contributed by atoms with van der Waals surface area (Å²) in [6.07, 6.45) is 70.8.